The summed E-state index contributed by atoms with van der Waals surface area (Å²) in [6.45, 7) is 23.5. The fourth-order valence-electron chi connectivity index (χ4n) is 6.62. The first kappa shape index (κ1) is 60.0. The van der Waals surface area contributed by atoms with E-state index in [1.165, 1.54) is 53.2 Å². The van der Waals surface area contributed by atoms with Gasteiger partial charge in [-0.05, 0) is 53.8 Å². The molecule has 0 spiro atoms. The van der Waals surface area contributed by atoms with Crippen molar-refractivity contribution in [1.29, 1.82) is 0 Å². The van der Waals surface area contributed by atoms with Gasteiger partial charge in [-0.3, -0.25) is 24.5 Å². The van der Waals surface area contributed by atoms with E-state index in [-0.39, 0.29) is 0 Å². The maximum absolute atomic E-state index is 11.5. The van der Waals surface area contributed by atoms with Crippen molar-refractivity contribution in [3.8, 4) is 0 Å². The Balaban J connectivity index is 0.000000420. The van der Waals surface area contributed by atoms with Gasteiger partial charge >= 0.3 is 0 Å². The highest BCUT2D eigenvalue weighted by Crippen LogP contribution is 2.21. The van der Waals surface area contributed by atoms with Crippen LogP contribution in [0.25, 0.3) is 60.6 Å². The summed E-state index contributed by atoms with van der Waals surface area (Å²) >= 11 is 0. The second kappa shape index (κ2) is 35.1. The van der Waals surface area contributed by atoms with Gasteiger partial charge in [0, 0.05) is 104 Å². The van der Waals surface area contributed by atoms with E-state index in [9.17, 15) is 24.5 Å². The van der Waals surface area contributed by atoms with Crippen molar-refractivity contribution in [2.24, 2.45) is 0 Å². The van der Waals surface area contributed by atoms with Crippen molar-refractivity contribution in [2.45, 2.75) is 95.9 Å². The zero-order valence-corrected chi connectivity index (χ0v) is 43.1. The molecule has 11 heteroatoms. The predicted molar refractivity (Wildman–Crippen MR) is 299 cm³/mol. The molecule has 70 heavy (non-hydrogen) atoms. The predicted octanol–water partition coefficient (Wildman–Crippen LogP) is 16.8. The third-order valence-corrected chi connectivity index (χ3v) is 9.56. The molecule has 0 aliphatic heterocycles. The number of aromatic nitrogens is 5. The Bertz CT molecular complexity index is 3000. The monoisotopic (exact) mass is 947 g/mol. The highest BCUT2D eigenvalue weighted by Gasteiger charge is 2.15. The summed E-state index contributed by atoms with van der Waals surface area (Å²) in [4.78, 5) is 57.9. The van der Waals surface area contributed by atoms with Gasteiger partial charge in [-0.2, -0.15) is 0 Å². The molecule has 370 valence electrons. The molecule has 5 N–H and O–H groups in total. The van der Waals surface area contributed by atoms with Gasteiger partial charge in [-0.15, -0.1) is 0 Å². The molecular formula is C59H74N6O5. The second-order valence-corrected chi connectivity index (χ2v) is 13.6. The van der Waals surface area contributed by atoms with Crippen LogP contribution in [0.2, 0.25) is 0 Å². The van der Waals surface area contributed by atoms with E-state index in [4.69, 9.17) is 0 Å². The second-order valence-electron chi connectivity index (χ2n) is 13.6. The number of aryl methyl sites for hydroxylation is 1. The number of ketones is 2. The van der Waals surface area contributed by atoms with Crippen LogP contribution < -0.4 is 0 Å². The topological polar surface area (TPSA) is 173 Å². The molecule has 0 amide bonds. The minimum atomic E-state index is -0.470. The van der Waals surface area contributed by atoms with Crippen LogP contribution in [-0.4, -0.2) is 47.7 Å². The van der Waals surface area contributed by atoms with Crippen molar-refractivity contribution in [2.75, 3.05) is 0 Å². The maximum Gasteiger partial charge on any atom is 0.235 e. The Labute approximate surface area is 414 Å². The smallest absolute Gasteiger partial charge is 0.235 e. The average Bonchev–Trinajstić information content (AvgIpc) is 4.30. The van der Waals surface area contributed by atoms with Gasteiger partial charge in [0.1, 0.15) is 0 Å². The number of fused-ring (bicyclic) bond motifs is 5. The number of Topliss-reactive ketones (excluding diaryl/α,β-unsaturated/α-hetero) is 2. The molecule has 10 rings (SSSR count). The van der Waals surface area contributed by atoms with E-state index in [0.29, 0.717) is 5.56 Å². The number of carbonyl (C=O) groups excluding carboxylic acids is 3. The van der Waals surface area contributed by atoms with Crippen LogP contribution in [-0.2, 0) is 11.2 Å². The summed E-state index contributed by atoms with van der Waals surface area (Å²) in [6, 6.07) is 41.5. The van der Waals surface area contributed by atoms with Gasteiger partial charge in [-0.1, -0.05) is 174 Å². The molecule has 0 radical (unpaired) electrons. The normalized spacial score (nSPS) is 9.49. The first-order valence-electron chi connectivity index (χ1n) is 24.3. The van der Waals surface area contributed by atoms with E-state index in [1.807, 2.05) is 160 Å². The van der Waals surface area contributed by atoms with Gasteiger partial charge in [-0.25, -0.2) is 0 Å². The van der Waals surface area contributed by atoms with Gasteiger partial charge in [0.25, 0.3) is 0 Å². The van der Waals surface area contributed by atoms with Crippen molar-refractivity contribution in [3.63, 3.8) is 0 Å². The third kappa shape index (κ3) is 18.2. The number of carbonyl (C=O) groups is 3. The summed E-state index contributed by atoms with van der Waals surface area (Å²) < 4.78 is 0. The zero-order valence-electron chi connectivity index (χ0n) is 43.1. The molecule has 11 nitrogen and oxygen atoms in total. The Morgan fingerprint density at radius 2 is 0.929 bits per heavy atom. The number of nitro groups is 1. The number of hydrogen-bond acceptors (Lipinski definition) is 5. The third-order valence-electron chi connectivity index (χ3n) is 9.56. The van der Waals surface area contributed by atoms with Gasteiger partial charge in [0.05, 0.1) is 10.5 Å². The number of nitrogens with zero attached hydrogens (tertiary/aromatic N) is 1. The quantitative estimate of drug-likeness (QED) is 0.0351. The standard InChI is InChI=1S/C11H9NO2.C11H13N.C10H8N2O2.C9H7NO.C8H7N.5C2H6/c1-7(13)11(14)9-6-12-10-5-3-2-4-8(9)10;1-2-5-9-8-12-11-7-4-3-6-10(9)11;13-12(14)6-5-8-7-11-10-4-2-1-3-9(8)10;11-6-7-5-10-9-4-2-1-3-8(7)9;1-2-4-8-7(3-1)5-6-9-8;5*1-2/h2-6,12H,1H3;3-4,6-8,12H,2,5H2,1H3;1-7,11H;1-6,10H;1-6,9H;5*1-2H3/b;;6-5+;;;;;;;. The number of nitrogens with one attached hydrogen (secondary N) is 5. The van der Waals surface area contributed by atoms with E-state index in [0.717, 1.165) is 56.3 Å². The van der Waals surface area contributed by atoms with E-state index >= 15 is 0 Å². The lowest BCUT2D eigenvalue weighted by Gasteiger charge is -1.93. The van der Waals surface area contributed by atoms with Crippen LogP contribution in [0.5, 0.6) is 0 Å². The highest BCUT2D eigenvalue weighted by molar-refractivity contribution is 6.45. The highest BCUT2D eigenvalue weighted by atomic mass is 16.6. The number of H-pyrrole nitrogens is 5. The lowest BCUT2D eigenvalue weighted by Crippen LogP contribution is -2.08. The van der Waals surface area contributed by atoms with E-state index < -0.39 is 16.5 Å². The summed E-state index contributed by atoms with van der Waals surface area (Å²) in [7, 11) is 0. The summed E-state index contributed by atoms with van der Waals surface area (Å²) in [6.07, 6.45) is 14.8. The molecule has 0 saturated carbocycles. The van der Waals surface area contributed by atoms with Crippen LogP contribution in [0.1, 0.15) is 121 Å². The molecule has 0 fully saturated rings. The van der Waals surface area contributed by atoms with E-state index in [1.54, 1.807) is 18.6 Å². The summed E-state index contributed by atoms with van der Waals surface area (Å²) in [5.41, 5.74) is 8.76. The molecule has 10 aromatic rings. The molecule has 0 bridgehead atoms. The Morgan fingerprint density at radius 1 is 0.514 bits per heavy atom. The van der Waals surface area contributed by atoms with Crippen molar-refractivity contribution >= 4 is 78.4 Å². The molecule has 5 aromatic carbocycles. The van der Waals surface area contributed by atoms with Crippen LogP contribution in [0.3, 0.4) is 0 Å². The fourth-order valence-corrected chi connectivity index (χ4v) is 6.62. The molecule has 0 aliphatic carbocycles. The molecule has 5 heterocycles. The molecule has 0 atom stereocenters. The number of hydrogen-bond donors (Lipinski definition) is 5. The van der Waals surface area contributed by atoms with Crippen LogP contribution >= 0.6 is 0 Å². The number of rotatable bonds is 7. The van der Waals surface area contributed by atoms with Crippen molar-refractivity contribution in [1.82, 2.24) is 24.9 Å². The summed E-state index contributed by atoms with van der Waals surface area (Å²) in [5.74, 6) is -0.878. The Kier molecular flexibility index (Phi) is 30.1. The lowest BCUT2D eigenvalue weighted by molar-refractivity contribution is -0.400. The number of benzene rings is 5. The number of para-hydroxylation sites is 5. The van der Waals surface area contributed by atoms with Crippen molar-refractivity contribution in [3.05, 3.63) is 197 Å². The number of aromatic amines is 5. The molecule has 5 aromatic heterocycles. The van der Waals surface area contributed by atoms with Crippen LogP contribution in [0.15, 0.2) is 165 Å². The molecule has 0 unspecified atom stereocenters. The maximum atomic E-state index is 11.5. The number of aldehydes is 1. The Morgan fingerprint density at radius 3 is 1.43 bits per heavy atom. The fraction of sp³-hybridized carbons (Fsp3) is 0.237. The minimum Gasteiger partial charge on any atom is -0.361 e. The Hall–Kier alpha value is -8.05. The van der Waals surface area contributed by atoms with E-state index in [2.05, 4.69) is 80.5 Å². The van der Waals surface area contributed by atoms with Gasteiger partial charge in [0.15, 0.2) is 12.1 Å². The lowest BCUT2D eigenvalue weighted by atomic mass is 10.1. The van der Waals surface area contributed by atoms with Gasteiger partial charge in [0.2, 0.25) is 12.0 Å². The SMILES string of the molecule is CC.CC.CC.CC.CC.CC(=O)C(=O)c1c[nH]c2ccccc12.CCCc1c[nH]c2ccccc12.O=Cc1c[nH]c2ccccc12.O=[N+]([O-])/C=C/c1c[nH]c2ccccc12.c1ccc2[nH]ccc2c1. The molecular weight excluding hydrogens is 873 g/mol. The average molecular weight is 947 g/mol. The first-order valence-corrected chi connectivity index (χ1v) is 24.3. The summed E-state index contributed by atoms with van der Waals surface area (Å²) in [5, 5.41) is 15.6. The van der Waals surface area contributed by atoms with Crippen LogP contribution in [0.4, 0.5) is 0 Å². The van der Waals surface area contributed by atoms with Crippen LogP contribution in [0, 0.1) is 10.1 Å². The largest absolute Gasteiger partial charge is 0.361 e. The van der Waals surface area contributed by atoms with Gasteiger partial charge < -0.3 is 24.9 Å². The molecule has 0 saturated heterocycles. The van der Waals surface area contributed by atoms with Crippen molar-refractivity contribution < 1.29 is 19.3 Å². The zero-order chi connectivity index (χ0) is 52.3. The first-order chi connectivity index (χ1) is 34.3. The molecule has 0 aliphatic rings. The minimum absolute atomic E-state index is 0.435.